The Morgan fingerprint density at radius 1 is 0.784 bits per heavy atom. The number of nitrogens with zero attached hydrogens (tertiary/aromatic N) is 3. The predicted octanol–water partition coefficient (Wildman–Crippen LogP) is 6.63. The highest BCUT2D eigenvalue weighted by molar-refractivity contribution is 5.76. The van der Waals surface area contributed by atoms with E-state index in [0.717, 1.165) is 52.5 Å². The number of rotatable bonds is 10. The molecule has 0 N–H and O–H groups in total. The molecule has 1 aliphatic heterocycles. The second-order valence-electron chi connectivity index (χ2n) is 9.60. The molecule has 1 fully saturated rings. The molecule has 0 spiro atoms. The fourth-order valence-corrected chi connectivity index (χ4v) is 5.19. The zero-order valence-corrected chi connectivity index (χ0v) is 21.9. The maximum atomic E-state index is 5.44. The molecule has 5 rings (SSSR count). The van der Waals surface area contributed by atoms with Gasteiger partial charge in [0.25, 0.3) is 0 Å². The van der Waals surface area contributed by atoms with Crippen LogP contribution in [-0.2, 0) is 6.42 Å². The highest BCUT2D eigenvalue weighted by Crippen LogP contribution is 2.36. The number of hydrogen-bond acceptors (Lipinski definition) is 4. The molecule has 0 unspecified atom stereocenters. The maximum absolute atomic E-state index is 5.44. The minimum absolute atomic E-state index is 0.842. The molecule has 5 heteroatoms. The highest BCUT2D eigenvalue weighted by Gasteiger charge is 2.22. The van der Waals surface area contributed by atoms with Gasteiger partial charge in [-0.25, -0.2) is 4.68 Å². The number of likely N-dealkylation sites (tertiary alicyclic amines) is 1. The first-order chi connectivity index (χ1) is 18.3. The van der Waals surface area contributed by atoms with Crippen LogP contribution in [0, 0.1) is 12.1 Å². The Labute approximate surface area is 220 Å². The lowest BCUT2D eigenvalue weighted by Gasteiger charge is -2.26. The van der Waals surface area contributed by atoms with Gasteiger partial charge in [-0.05, 0) is 112 Å². The van der Waals surface area contributed by atoms with Crippen molar-refractivity contribution in [3.05, 3.63) is 84.4 Å². The van der Waals surface area contributed by atoms with Crippen LogP contribution in [0.3, 0.4) is 0 Å². The molecule has 0 bridgehead atoms. The third-order valence-corrected chi connectivity index (χ3v) is 7.20. The first-order valence-corrected chi connectivity index (χ1v) is 13.3. The molecule has 1 aliphatic rings. The van der Waals surface area contributed by atoms with Gasteiger partial charge in [0.05, 0.1) is 31.3 Å². The van der Waals surface area contributed by atoms with E-state index in [1.807, 2.05) is 42.5 Å². The van der Waals surface area contributed by atoms with Crippen LogP contribution in [0.2, 0.25) is 0 Å². The summed E-state index contributed by atoms with van der Waals surface area (Å²) < 4.78 is 12.9. The number of hydrogen-bond donors (Lipinski definition) is 0. The number of aromatic nitrogens is 2. The smallest absolute Gasteiger partial charge is 0.118 e. The minimum Gasteiger partial charge on any atom is -0.497 e. The molecule has 4 aromatic rings. The fraction of sp³-hybridized carbons (Fsp3) is 0.344. The summed E-state index contributed by atoms with van der Waals surface area (Å²) in [5, 5.41) is 5.19. The van der Waals surface area contributed by atoms with Crippen LogP contribution in [0.15, 0.2) is 66.7 Å². The number of ether oxygens (including phenoxy) is 2. The quantitative estimate of drug-likeness (QED) is 0.232. The Hall–Kier alpha value is -3.75. The SMILES string of the molecule is COc1ccc(-c2nn(-c3cc#ccc3)c(-c3ccc(OC)cc3)c2CCCCN2CCCCC2)cc1. The number of unbranched alkanes of at least 4 members (excludes halogenated alkanes) is 1. The Bertz CT molecular complexity index is 1260. The third kappa shape index (κ3) is 5.81. The molecule has 190 valence electrons. The van der Waals surface area contributed by atoms with Gasteiger partial charge in [0.2, 0.25) is 0 Å². The van der Waals surface area contributed by atoms with Crippen molar-refractivity contribution in [3.63, 3.8) is 0 Å². The molecule has 1 aromatic heterocycles. The molecule has 0 aliphatic carbocycles. The molecular formula is C32H35N3O2. The van der Waals surface area contributed by atoms with Gasteiger partial charge in [-0.15, -0.1) is 0 Å². The standard InChI is InChI=1S/C32H35N3O2/c1-36-28-18-14-25(15-19-28)31-30(13-7-10-24-34-22-8-4-9-23-34)32(26-16-20-29(37-2)21-17-26)35(33-31)27-11-5-3-6-12-27/h5,11-12,14-21H,4,7-10,13,22-24H2,1-2H3. The normalized spacial score (nSPS) is 13.8. The van der Waals surface area contributed by atoms with E-state index in [1.54, 1.807) is 14.2 Å². The van der Waals surface area contributed by atoms with Crippen LogP contribution in [0.5, 0.6) is 11.5 Å². The third-order valence-electron chi connectivity index (χ3n) is 7.20. The number of piperidine rings is 1. The molecule has 0 radical (unpaired) electrons. The van der Waals surface area contributed by atoms with E-state index >= 15 is 0 Å². The van der Waals surface area contributed by atoms with E-state index in [9.17, 15) is 0 Å². The van der Waals surface area contributed by atoms with Crippen LogP contribution < -0.4 is 9.47 Å². The van der Waals surface area contributed by atoms with Gasteiger partial charge >= 0.3 is 0 Å². The zero-order chi connectivity index (χ0) is 25.5. The van der Waals surface area contributed by atoms with E-state index in [2.05, 4.69) is 46.0 Å². The van der Waals surface area contributed by atoms with Gasteiger partial charge in [-0.1, -0.05) is 18.6 Å². The van der Waals surface area contributed by atoms with Crippen LogP contribution in [-0.4, -0.2) is 48.5 Å². The molecule has 0 amide bonds. The second-order valence-corrected chi connectivity index (χ2v) is 9.60. The second kappa shape index (κ2) is 12.0. The predicted molar refractivity (Wildman–Crippen MR) is 148 cm³/mol. The molecule has 1 saturated heterocycles. The largest absolute Gasteiger partial charge is 0.497 e. The summed E-state index contributed by atoms with van der Waals surface area (Å²) in [6.45, 7) is 3.66. The van der Waals surface area contributed by atoms with E-state index in [4.69, 9.17) is 14.6 Å². The topological polar surface area (TPSA) is 39.5 Å². The summed E-state index contributed by atoms with van der Waals surface area (Å²) in [5.41, 5.74) is 6.57. The average molecular weight is 494 g/mol. The Kier molecular flexibility index (Phi) is 8.08. The molecule has 5 nitrogen and oxygen atoms in total. The summed E-state index contributed by atoms with van der Waals surface area (Å²) in [6.07, 6.45) is 7.30. The van der Waals surface area contributed by atoms with Gasteiger partial charge in [-0.2, -0.15) is 5.10 Å². The Balaban J connectivity index is 1.55. The van der Waals surface area contributed by atoms with Gasteiger partial charge in [-0.3, -0.25) is 0 Å². The van der Waals surface area contributed by atoms with Crippen molar-refractivity contribution in [1.29, 1.82) is 0 Å². The van der Waals surface area contributed by atoms with Crippen molar-refractivity contribution < 1.29 is 9.47 Å². The van der Waals surface area contributed by atoms with E-state index in [-0.39, 0.29) is 0 Å². The van der Waals surface area contributed by atoms with Crippen LogP contribution in [0.4, 0.5) is 0 Å². The lowest BCUT2D eigenvalue weighted by molar-refractivity contribution is 0.225. The maximum Gasteiger partial charge on any atom is 0.118 e. The summed E-state index contributed by atoms with van der Waals surface area (Å²) >= 11 is 0. The lowest BCUT2D eigenvalue weighted by Crippen LogP contribution is -2.30. The molecular weight excluding hydrogens is 458 g/mol. The van der Waals surface area contributed by atoms with E-state index in [1.165, 1.54) is 50.9 Å². The van der Waals surface area contributed by atoms with Gasteiger partial charge in [0.1, 0.15) is 11.5 Å². The Morgan fingerprint density at radius 2 is 1.46 bits per heavy atom. The molecule has 3 aromatic carbocycles. The molecule has 2 heterocycles. The van der Waals surface area contributed by atoms with Gasteiger partial charge < -0.3 is 14.4 Å². The summed E-state index contributed by atoms with van der Waals surface area (Å²) in [4.78, 5) is 2.62. The molecule has 0 saturated carbocycles. The highest BCUT2D eigenvalue weighted by atomic mass is 16.5. The van der Waals surface area contributed by atoms with Crippen molar-refractivity contribution in [2.24, 2.45) is 0 Å². The monoisotopic (exact) mass is 493 g/mol. The lowest BCUT2D eigenvalue weighted by atomic mass is 9.97. The molecule has 0 atom stereocenters. The first kappa shape index (κ1) is 24.9. The van der Waals surface area contributed by atoms with Crippen molar-refractivity contribution >= 4 is 0 Å². The molecule has 37 heavy (non-hydrogen) atoms. The van der Waals surface area contributed by atoms with Crippen LogP contribution in [0.25, 0.3) is 28.2 Å². The zero-order valence-electron chi connectivity index (χ0n) is 21.9. The van der Waals surface area contributed by atoms with Crippen molar-refractivity contribution in [3.8, 4) is 39.7 Å². The first-order valence-electron chi connectivity index (χ1n) is 13.3. The van der Waals surface area contributed by atoms with Crippen LogP contribution >= 0.6 is 0 Å². The van der Waals surface area contributed by atoms with Crippen molar-refractivity contribution in [1.82, 2.24) is 14.7 Å². The van der Waals surface area contributed by atoms with Crippen molar-refractivity contribution in [2.45, 2.75) is 38.5 Å². The number of benzene rings is 2. The minimum atomic E-state index is 0.842. The fourth-order valence-electron chi connectivity index (χ4n) is 5.19. The van der Waals surface area contributed by atoms with E-state index < -0.39 is 0 Å². The van der Waals surface area contributed by atoms with Gasteiger partial charge in [0, 0.05) is 22.8 Å². The average Bonchev–Trinajstić information content (AvgIpc) is 3.35. The number of methoxy groups -OCH3 is 2. The van der Waals surface area contributed by atoms with Crippen molar-refractivity contribution in [2.75, 3.05) is 33.9 Å². The summed E-state index contributed by atoms with van der Waals surface area (Å²) in [7, 11) is 3.40. The Morgan fingerprint density at radius 3 is 2.08 bits per heavy atom. The van der Waals surface area contributed by atoms with Crippen LogP contribution in [0.1, 0.15) is 37.7 Å². The van der Waals surface area contributed by atoms with E-state index in [0.29, 0.717) is 0 Å². The summed E-state index contributed by atoms with van der Waals surface area (Å²) in [6, 6.07) is 28.5. The van der Waals surface area contributed by atoms with Gasteiger partial charge in [0.15, 0.2) is 0 Å². The summed E-state index contributed by atoms with van der Waals surface area (Å²) in [5.74, 6) is 1.69.